The van der Waals surface area contributed by atoms with Gasteiger partial charge in [0.25, 0.3) is 0 Å². The molecular weight excluding hydrogens is 220 g/mol. The second-order valence-electron chi connectivity index (χ2n) is 4.98. The summed E-state index contributed by atoms with van der Waals surface area (Å²) in [7, 11) is 4.44. The van der Waals surface area contributed by atoms with Crippen molar-refractivity contribution >= 4 is 5.69 Å². The highest BCUT2D eigenvalue weighted by atomic mass is 15.2. The lowest BCUT2D eigenvalue weighted by molar-refractivity contribution is 0.253. The van der Waals surface area contributed by atoms with Gasteiger partial charge in [-0.05, 0) is 57.6 Å². The van der Waals surface area contributed by atoms with Gasteiger partial charge in [-0.3, -0.25) is 0 Å². The maximum absolute atomic E-state index is 2.44. The summed E-state index contributed by atoms with van der Waals surface area (Å²) in [5.41, 5.74) is 2.70. The Morgan fingerprint density at radius 2 is 1.78 bits per heavy atom. The van der Waals surface area contributed by atoms with Crippen molar-refractivity contribution in [3.05, 3.63) is 29.8 Å². The third-order valence-electron chi connectivity index (χ3n) is 3.64. The van der Waals surface area contributed by atoms with E-state index in [0.29, 0.717) is 6.04 Å². The Balaban J connectivity index is 0.000000771. The largest absolute Gasteiger partial charge is 0.372 e. The Labute approximate surface area is 113 Å². The first-order valence-electron chi connectivity index (χ1n) is 7.15. The molecule has 1 aliphatic rings. The minimum atomic E-state index is 0.706. The fraction of sp³-hybridized carbons (Fsp3) is 0.625. The number of hydrogen-bond acceptors (Lipinski definition) is 2. The van der Waals surface area contributed by atoms with Crippen LogP contribution in [0.4, 0.5) is 5.69 Å². The molecule has 0 spiro atoms. The van der Waals surface area contributed by atoms with Gasteiger partial charge in [-0.1, -0.05) is 26.0 Å². The molecule has 0 amide bonds. The molecule has 0 radical (unpaired) electrons. The summed E-state index contributed by atoms with van der Waals surface area (Å²) < 4.78 is 0. The van der Waals surface area contributed by atoms with Crippen LogP contribution in [0.2, 0.25) is 0 Å². The summed E-state index contributed by atoms with van der Waals surface area (Å²) in [4.78, 5) is 4.86. The van der Waals surface area contributed by atoms with Crippen LogP contribution in [0.15, 0.2) is 24.3 Å². The molecule has 18 heavy (non-hydrogen) atoms. The first kappa shape index (κ1) is 15.0. The number of piperidine rings is 1. The topological polar surface area (TPSA) is 6.48 Å². The van der Waals surface area contributed by atoms with Crippen LogP contribution in [-0.4, -0.2) is 38.1 Å². The van der Waals surface area contributed by atoms with Crippen molar-refractivity contribution in [3.63, 3.8) is 0 Å². The van der Waals surface area contributed by atoms with Crippen LogP contribution < -0.4 is 4.90 Å². The summed E-state index contributed by atoms with van der Waals surface area (Å²) in [5, 5.41) is 0. The minimum Gasteiger partial charge on any atom is -0.372 e. The Hall–Kier alpha value is -1.02. The Morgan fingerprint density at radius 1 is 1.17 bits per heavy atom. The van der Waals surface area contributed by atoms with E-state index in [1.54, 1.807) is 0 Å². The van der Waals surface area contributed by atoms with Gasteiger partial charge >= 0.3 is 0 Å². The maximum atomic E-state index is 2.44. The van der Waals surface area contributed by atoms with Crippen LogP contribution in [0, 0.1) is 6.92 Å². The van der Waals surface area contributed by atoms with Crippen LogP contribution in [0.5, 0.6) is 0 Å². The van der Waals surface area contributed by atoms with Crippen molar-refractivity contribution in [1.29, 1.82) is 0 Å². The summed E-state index contributed by atoms with van der Waals surface area (Å²) >= 11 is 0. The molecule has 1 fully saturated rings. The highest BCUT2D eigenvalue weighted by Gasteiger charge is 2.20. The average Bonchev–Trinajstić information content (AvgIpc) is 2.41. The van der Waals surface area contributed by atoms with Crippen LogP contribution in [0.3, 0.4) is 0 Å². The van der Waals surface area contributed by atoms with Crippen molar-refractivity contribution < 1.29 is 0 Å². The SMILES string of the molecule is CC.Cc1cccc(N(C)C2CCN(C)CC2)c1. The van der Waals surface area contributed by atoms with Gasteiger partial charge in [0.2, 0.25) is 0 Å². The van der Waals surface area contributed by atoms with E-state index in [1.165, 1.54) is 37.2 Å². The number of benzene rings is 1. The zero-order valence-electron chi connectivity index (χ0n) is 12.6. The van der Waals surface area contributed by atoms with Crippen LogP contribution in [0.25, 0.3) is 0 Å². The number of rotatable bonds is 2. The Morgan fingerprint density at radius 3 is 2.33 bits per heavy atom. The van der Waals surface area contributed by atoms with Gasteiger partial charge in [-0.25, -0.2) is 0 Å². The molecule has 0 bridgehead atoms. The van der Waals surface area contributed by atoms with Gasteiger partial charge in [-0.2, -0.15) is 0 Å². The fourth-order valence-corrected chi connectivity index (χ4v) is 2.44. The van der Waals surface area contributed by atoms with Gasteiger partial charge in [0, 0.05) is 18.8 Å². The second-order valence-corrected chi connectivity index (χ2v) is 4.98. The zero-order valence-corrected chi connectivity index (χ0v) is 12.6. The number of nitrogens with zero attached hydrogens (tertiary/aromatic N) is 2. The van der Waals surface area contributed by atoms with Crippen molar-refractivity contribution in [2.24, 2.45) is 0 Å². The molecule has 102 valence electrons. The molecule has 2 heteroatoms. The smallest absolute Gasteiger partial charge is 0.0368 e. The molecule has 0 atom stereocenters. The van der Waals surface area contributed by atoms with Crippen molar-refractivity contribution in [2.75, 3.05) is 32.1 Å². The zero-order chi connectivity index (χ0) is 13.5. The van der Waals surface area contributed by atoms with E-state index >= 15 is 0 Å². The third-order valence-corrected chi connectivity index (χ3v) is 3.64. The summed E-state index contributed by atoms with van der Waals surface area (Å²) in [5.74, 6) is 0. The lowest BCUT2D eigenvalue weighted by Crippen LogP contribution is -2.41. The molecule has 0 unspecified atom stereocenters. The molecule has 1 aromatic carbocycles. The molecule has 1 aliphatic heterocycles. The van der Waals surface area contributed by atoms with Crippen LogP contribution >= 0.6 is 0 Å². The fourth-order valence-electron chi connectivity index (χ4n) is 2.44. The minimum absolute atomic E-state index is 0.706. The van der Waals surface area contributed by atoms with Crippen molar-refractivity contribution in [1.82, 2.24) is 4.90 Å². The summed E-state index contributed by atoms with van der Waals surface area (Å²) in [6.45, 7) is 8.60. The standard InChI is InChI=1S/C14H22N2.C2H6/c1-12-5-4-6-14(11-12)16(3)13-7-9-15(2)10-8-13;1-2/h4-6,11,13H,7-10H2,1-3H3;1-2H3. The lowest BCUT2D eigenvalue weighted by Gasteiger charge is -2.36. The third kappa shape index (κ3) is 4.02. The number of hydrogen-bond donors (Lipinski definition) is 0. The van der Waals surface area contributed by atoms with E-state index < -0.39 is 0 Å². The van der Waals surface area contributed by atoms with Gasteiger partial charge in [0.05, 0.1) is 0 Å². The van der Waals surface area contributed by atoms with E-state index in [1.807, 2.05) is 13.8 Å². The Kier molecular flexibility index (Phi) is 6.20. The van der Waals surface area contributed by atoms with Gasteiger partial charge in [-0.15, -0.1) is 0 Å². The molecular formula is C16H28N2. The van der Waals surface area contributed by atoms with Gasteiger partial charge < -0.3 is 9.80 Å². The van der Waals surface area contributed by atoms with Crippen molar-refractivity contribution in [3.8, 4) is 0 Å². The van der Waals surface area contributed by atoms with Gasteiger partial charge in [0.15, 0.2) is 0 Å². The average molecular weight is 248 g/mol. The quantitative estimate of drug-likeness (QED) is 0.789. The highest BCUT2D eigenvalue weighted by Crippen LogP contribution is 2.22. The van der Waals surface area contributed by atoms with E-state index in [4.69, 9.17) is 0 Å². The number of anilines is 1. The number of aryl methyl sites for hydroxylation is 1. The first-order chi connectivity index (χ1) is 8.66. The Bertz CT molecular complexity index is 341. The van der Waals surface area contributed by atoms with Crippen LogP contribution in [0.1, 0.15) is 32.3 Å². The molecule has 1 aromatic rings. The normalized spacial score (nSPS) is 16.9. The lowest BCUT2D eigenvalue weighted by atomic mass is 10.0. The molecule has 0 N–H and O–H groups in total. The van der Waals surface area contributed by atoms with Gasteiger partial charge in [0.1, 0.15) is 0 Å². The highest BCUT2D eigenvalue weighted by molar-refractivity contribution is 5.48. The molecule has 1 saturated heterocycles. The monoisotopic (exact) mass is 248 g/mol. The van der Waals surface area contributed by atoms with E-state index in [2.05, 4.69) is 55.1 Å². The predicted octanol–water partition coefficient (Wildman–Crippen LogP) is 3.55. The predicted molar refractivity (Wildman–Crippen MR) is 81.4 cm³/mol. The maximum Gasteiger partial charge on any atom is 0.0368 e. The summed E-state index contributed by atoms with van der Waals surface area (Å²) in [6.07, 6.45) is 2.56. The number of likely N-dealkylation sites (tertiary alicyclic amines) is 1. The van der Waals surface area contributed by atoms with Crippen LogP contribution in [-0.2, 0) is 0 Å². The molecule has 2 nitrogen and oxygen atoms in total. The van der Waals surface area contributed by atoms with E-state index in [-0.39, 0.29) is 0 Å². The van der Waals surface area contributed by atoms with E-state index in [0.717, 1.165) is 0 Å². The molecule has 0 aliphatic carbocycles. The molecule has 0 aromatic heterocycles. The van der Waals surface area contributed by atoms with E-state index in [9.17, 15) is 0 Å². The second kappa shape index (κ2) is 7.42. The molecule has 1 heterocycles. The molecule has 0 saturated carbocycles. The summed E-state index contributed by atoms with van der Waals surface area (Å²) in [6, 6.07) is 9.50. The first-order valence-corrected chi connectivity index (χ1v) is 7.15. The molecule has 2 rings (SSSR count). The van der Waals surface area contributed by atoms with Crippen molar-refractivity contribution in [2.45, 2.75) is 39.7 Å².